The molecular formula is C24H21Cl2N5O3. The third-order valence-corrected chi connectivity index (χ3v) is 6.47. The predicted octanol–water partition coefficient (Wildman–Crippen LogP) is 5.46. The van der Waals surface area contributed by atoms with E-state index in [2.05, 4.69) is 14.9 Å². The number of benzene rings is 1. The topological polar surface area (TPSA) is 75.5 Å². The summed E-state index contributed by atoms with van der Waals surface area (Å²) in [6, 6.07) is 5.16. The first-order chi connectivity index (χ1) is 16.4. The highest BCUT2D eigenvalue weighted by Gasteiger charge is 2.23. The van der Waals surface area contributed by atoms with Gasteiger partial charge in [0.1, 0.15) is 11.5 Å². The van der Waals surface area contributed by atoms with Crippen molar-refractivity contribution in [1.29, 1.82) is 0 Å². The number of halogens is 2. The molecule has 0 saturated carbocycles. The monoisotopic (exact) mass is 497 g/mol. The number of ether oxygens (including phenoxy) is 2. The van der Waals surface area contributed by atoms with Gasteiger partial charge in [-0.05, 0) is 26.0 Å². The first kappa shape index (κ1) is 23.6. The van der Waals surface area contributed by atoms with E-state index in [1.54, 1.807) is 33.8 Å². The van der Waals surface area contributed by atoms with E-state index in [1.165, 1.54) is 14.2 Å². The summed E-state index contributed by atoms with van der Waals surface area (Å²) in [6.07, 6.45) is 3.38. The Morgan fingerprint density at radius 3 is 2.32 bits per heavy atom. The minimum absolute atomic E-state index is 0.133. The highest BCUT2D eigenvalue weighted by molar-refractivity contribution is 6.41. The van der Waals surface area contributed by atoms with Gasteiger partial charge < -0.3 is 14.0 Å². The number of fused-ring (bicyclic) bond motifs is 1. The molecule has 8 nitrogen and oxygen atoms in total. The number of hydrogen-bond acceptors (Lipinski definition) is 5. The summed E-state index contributed by atoms with van der Waals surface area (Å²) < 4.78 is 14.0. The molecule has 3 heterocycles. The number of nitrogens with zero attached hydrogens (tertiary/aromatic N) is 5. The van der Waals surface area contributed by atoms with Crippen molar-refractivity contribution in [2.75, 3.05) is 14.2 Å². The summed E-state index contributed by atoms with van der Waals surface area (Å²) in [5.74, 6) is 0.696. The molecule has 0 bridgehead atoms. The lowest BCUT2D eigenvalue weighted by Gasteiger charge is -2.17. The van der Waals surface area contributed by atoms with Gasteiger partial charge in [-0.15, -0.1) is 0 Å². The molecule has 3 aromatic heterocycles. The van der Waals surface area contributed by atoms with Gasteiger partial charge >= 0.3 is 6.67 Å². The van der Waals surface area contributed by atoms with Gasteiger partial charge in [-0.3, -0.25) is 14.6 Å². The van der Waals surface area contributed by atoms with Crippen molar-refractivity contribution in [2.24, 2.45) is 0 Å². The summed E-state index contributed by atoms with van der Waals surface area (Å²) in [7, 11) is 2.97. The highest BCUT2D eigenvalue weighted by Crippen LogP contribution is 2.45. The molecule has 0 aliphatic rings. The van der Waals surface area contributed by atoms with Crippen LogP contribution in [0.4, 0.5) is 0 Å². The normalized spacial score (nSPS) is 11.0. The van der Waals surface area contributed by atoms with Gasteiger partial charge in [0.05, 0.1) is 52.9 Å². The van der Waals surface area contributed by atoms with E-state index < -0.39 is 0 Å². The molecule has 0 radical (unpaired) electrons. The Labute approximate surface area is 206 Å². The van der Waals surface area contributed by atoms with Crippen LogP contribution in [0, 0.1) is 13.5 Å². The fourth-order valence-corrected chi connectivity index (χ4v) is 4.65. The number of aromatic nitrogens is 4. The van der Waals surface area contributed by atoms with Crippen LogP contribution in [-0.4, -0.2) is 33.6 Å². The second kappa shape index (κ2) is 9.37. The van der Waals surface area contributed by atoms with Crippen LogP contribution < -0.4 is 15.0 Å². The average Bonchev–Trinajstić information content (AvgIpc) is 3.19. The maximum atomic E-state index is 13.6. The molecule has 34 heavy (non-hydrogen) atoms. The van der Waals surface area contributed by atoms with Crippen LogP contribution in [0.2, 0.25) is 10.0 Å². The Morgan fingerprint density at radius 2 is 1.74 bits per heavy atom. The van der Waals surface area contributed by atoms with Crippen molar-refractivity contribution >= 4 is 34.1 Å². The SMILES string of the molecule is [C-]#[N+]Cn1ncc(-c2cc3c(cn2)cc(-c2c(Cl)c(OC)cc(OC)c2Cl)c(=O)n3CC)c1C. The van der Waals surface area contributed by atoms with Crippen LogP contribution in [0.15, 0.2) is 35.4 Å². The van der Waals surface area contributed by atoms with Crippen LogP contribution >= 0.6 is 23.2 Å². The third-order valence-electron chi connectivity index (χ3n) is 5.72. The van der Waals surface area contributed by atoms with Crippen LogP contribution in [0.25, 0.3) is 38.1 Å². The van der Waals surface area contributed by atoms with Gasteiger partial charge in [-0.1, -0.05) is 23.2 Å². The Morgan fingerprint density at radius 1 is 1.06 bits per heavy atom. The lowest BCUT2D eigenvalue weighted by molar-refractivity contribution is 0.395. The van der Waals surface area contributed by atoms with Gasteiger partial charge in [-0.2, -0.15) is 9.78 Å². The lowest BCUT2D eigenvalue weighted by atomic mass is 10.0. The van der Waals surface area contributed by atoms with Crippen molar-refractivity contribution < 1.29 is 9.47 Å². The van der Waals surface area contributed by atoms with Gasteiger partial charge in [0.25, 0.3) is 5.56 Å². The van der Waals surface area contributed by atoms with Gasteiger partial charge in [0, 0.05) is 35.3 Å². The standard InChI is InChI=1S/C24H21Cl2N5O3/c1-6-30-18-8-17(16-11-29-31(12-27-3)13(16)2)28-10-14(18)7-15(24(30)32)21-22(25)19(33-4)9-20(34-5)23(21)26/h7-11H,6,12H2,1-2,4-5H3. The fourth-order valence-electron chi connectivity index (χ4n) is 3.94. The first-order valence-corrected chi connectivity index (χ1v) is 11.1. The molecule has 4 rings (SSSR count). The molecule has 1 aromatic carbocycles. The summed E-state index contributed by atoms with van der Waals surface area (Å²) in [5, 5.41) is 5.45. The molecule has 0 fully saturated rings. The number of methoxy groups -OCH3 is 2. The molecule has 0 saturated heterocycles. The third kappa shape index (κ3) is 3.77. The molecule has 0 aliphatic heterocycles. The zero-order valence-electron chi connectivity index (χ0n) is 19.0. The van der Waals surface area contributed by atoms with Crippen molar-refractivity contribution in [1.82, 2.24) is 19.3 Å². The van der Waals surface area contributed by atoms with E-state index in [4.69, 9.17) is 39.2 Å². The van der Waals surface area contributed by atoms with Crippen LogP contribution in [0.3, 0.4) is 0 Å². The minimum Gasteiger partial charge on any atom is -0.495 e. The first-order valence-electron chi connectivity index (χ1n) is 10.4. The van der Waals surface area contributed by atoms with E-state index in [0.29, 0.717) is 40.4 Å². The largest absolute Gasteiger partial charge is 0.495 e. The molecule has 0 amide bonds. The van der Waals surface area contributed by atoms with Crippen LogP contribution in [0.1, 0.15) is 12.6 Å². The van der Waals surface area contributed by atoms with Crippen molar-refractivity contribution in [3.63, 3.8) is 0 Å². The molecule has 0 atom stereocenters. The zero-order valence-corrected chi connectivity index (χ0v) is 20.5. The molecule has 10 heteroatoms. The Kier molecular flexibility index (Phi) is 6.51. The predicted molar refractivity (Wildman–Crippen MR) is 133 cm³/mol. The maximum absolute atomic E-state index is 13.6. The van der Waals surface area contributed by atoms with E-state index in [-0.39, 0.29) is 22.3 Å². The van der Waals surface area contributed by atoms with Gasteiger partial charge in [0.15, 0.2) is 0 Å². The molecular weight excluding hydrogens is 477 g/mol. The van der Waals surface area contributed by atoms with E-state index in [9.17, 15) is 4.79 Å². The molecule has 0 unspecified atom stereocenters. The molecule has 4 aromatic rings. The van der Waals surface area contributed by atoms with Crippen molar-refractivity contribution in [3.8, 4) is 33.9 Å². The van der Waals surface area contributed by atoms with Gasteiger partial charge in [-0.25, -0.2) is 6.57 Å². The van der Waals surface area contributed by atoms with E-state index in [0.717, 1.165) is 16.6 Å². The average molecular weight is 498 g/mol. The van der Waals surface area contributed by atoms with Crippen LogP contribution in [-0.2, 0) is 13.2 Å². The van der Waals surface area contributed by atoms with Crippen molar-refractivity contribution in [3.05, 3.63) is 68.1 Å². The molecule has 174 valence electrons. The number of rotatable bonds is 6. The van der Waals surface area contributed by atoms with E-state index in [1.807, 2.05) is 19.9 Å². The Hall–Kier alpha value is -3.54. The number of hydrogen-bond donors (Lipinski definition) is 0. The molecule has 0 aliphatic carbocycles. The Balaban J connectivity index is 1.98. The fraction of sp³-hybridized carbons (Fsp3) is 0.250. The summed E-state index contributed by atoms with van der Waals surface area (Å²) in [5.41, 5.74) is 3.40. The summed E-state index contributed by atoms with van der Waals surface area (Å²) in [4.78, 5) is 21.6. The van der Waals surface area contributed by atoms with Gasteiger partial charge in [0.2, 0.25) is 0 Å². The summed E-state index contributed by atoms with van der Waals surface area (Å²) in [6.45, 7) is 11.4. The summed E-state index contributed by atoms with van der Waals surface area (Å²) >= 11 is 13.2. The Bertz CT molecular complexity index is 1490. The second-order valence-electron chi connectivity index (χ2n) is 7.46. The number of pyridine rings is 2. The van der Waals surface area contributed by atoms with Crippen LogP contribution in [0.5, 0.6) is 11.5 Å². The molecule has 0 spiro atoms. The quantitative estimate of drug-likeness (QED) is 0.330. The second-order valence-corrected chi connectivity index (χ2v) is 8.22. The highest BCUT2D eigenvalue weighted by atomic mass is 35.5. The van der Waals surface area contributed by atoms with E-state index >= 15 is 0 Å². The molecule has 0 N–H and O–H groups in total. The maximum Gasteiger partial charge on any atom is 0.307 e. The number of aryl methyl sites for hydroxylation is 1. The zero-order chi connectivity index (χ0) is 24.6. The smallest absolute Gasteiger partial charge is 0.307 e. The van der Waals surface area contributed by atoms with Crippen molar-refractivity contribution in [2.45, 2.75) is 27.1 Å². The lowest BCUT2D eigenvalue weighted by Crippen LogP contribution is -2.21. The minimum atomic E-state index is -0.258.